The molecule has 1 aromatic carbocycles. The van der Waals surface area contributed by atoms with Crippen molar-refractivity contribution in [3.63, 3.8) is 0 Å². The average Bonchev–Trinajstić information content (AvgIpc) is 3.25. The lowest BCUT2D eigenvalue weighted by Gasteiger charge is -2.26. The van der Waals surface area contributed by atoms with Gasteiger partial charge in [-0.1, -0.05) is 36.8 Å². The molecule has 1 aliphatic rings. The van der Waals surface area contributed by atoms with Crippen LogP contribution in [0.25, 0.3) is 11.6 Å². The van der Waals surface area contributed by atoms with Gasteiger partial charge in [-0.2, -0.15) is 0 Å². The van der Waals surface area contributed by atoms with Crippen molar-refractivity contribution in [2.45, 2.75) is 44.2 Å². The van der Waals surface area contributed by atoms with E-state index in [1.165, 1.54) is 5.56 Å². The van der Waals surface area contributed by atoms with Gasteiger partial charge in [0.15, 0.2) is 5.76 Å². The third kappa shape index (κ3) is 3.12. The van der Waals surface area contributed by atoms with Gasteiger partial charge in [0.25, 0.3) is 0 Å². The van der Waals surface area contributed by atoms with Crippen LogP contribution in [0.3, 0.4) is 0 Å². The van der Waals surface area contributed by atoms with Crippen molar-refractivity contribution in [1.82, 2.24) is 14.8 Å². The summed E-state index contributed by atoms with van der Waals surface area (Å²) in [5, 5.41) is 4.72. The fourth-order valence-corrected chi connectivity index (χ4v) is 3.50. The topological polar surface area (TPSA) is 69.9 Å². The Morgan fingerprint density at radius 2 is 2.00 bits per heavy atom. The third-order valence-electron chi connectivity index (χ3n) is 4.70. The molecule has 124 valence electrons. The fraction of sp³-hybridized carbons (Fsp3) is 0.368. The smallest absolute Gasteiger partial charge is 0.217 e. The summed E-state index contributed by atoms with van der Waals surface area (Å²) in [6.45, 7) is 0.718. The summed E-state index contributed by atoms with van der Waals surface area (Å²) in [6.07, 6.45) is 6.02. The average molecular weight is 322 g/mol. The Labute approximate surface area is 141 Å². The van der Waals surface area contributed by atoms with Gasteiger partial charge in [-0.25, -0.2) is 9.67 Å². The Hall–Kier alpha value is -2.40. The number of aromatic nitrogens is 3. The third-order valence-corrected chi connectivity index (χ3v) is 4.70. The molecule has 0 saturated heterocycles. The van der Waals surface area contributed by atoms with Crippen LogP contribution >= 0.6 is 0 Å². The van der Waals surface area contributed by atoms with Crippen molar-refractivity contribution in [2.24, 2.45) is 5.73 Å². The fourth-order valence-electron chi connectivity index (χ4n) is 3.50. The number of furan rings is 1. The maximum Gasteiger partial charge on any atom is 0.217 e. The Morgan fingerprint density at radius 3 is 2.75 bits per heavy atom. The highest BCUT2D eigenvalue weighted by Gasteiger charge is 2.26. The zero-order valence-corrected chi connectivity index (χ0v) is 13.6. The number of nitrogens with two attached hydrogens (primary N) is 1. The van der Waals surface area contributed by atoms with Crippen molar-refractivity contribution in [3.05, 3.63) is 60.1 Å². The molecule has 0 amide bonds. The van der Waals surface area contributed by atoms with E-state index in [9.17, 15) is 0 Å². The van der Waals surface area contributed by atoms with Crippen molar-refractivity contribution >= 4 is 0 Å². The van der Waals surface area contributed by atoms with E-state index in [1.54, 1.807) is 6.26 Å². The maximum absolute atomic E-state index is 6.19. The van der Waals surface area contributed by atoms with Crippen LogP contribution in [0.2, 0.25) is 0 Å². The number of rotatable bonds is 4. The van der Waals surface area contributed by atoms with Gasteiger partial charge in [-0.15, -0.1) is 5.10 Å². The summed E-state index contributed by atoms with van der Waals surface area (Å²) in [5.74, 6) is 2.77. The van der Waals surface area contributed by atoms with Crippen LogP contribution in [-0.2, 0) is 6.54 Å². The molecule has 0 unspecified atom stereocenters. The SMILES string of the molecule is N[C@H]1CCC[C@@H](c2nc(-c3ccco3)nn2Cc2ccccc2)C1. The van der Waals surface area contributed by atoms with Crippen molar-refractivity contribution in [2.75, 3.05) is 0 Å². The monoisotopic (exact) mass is 322 g/mol. The molecule has 3 aromatic rings. The van der Waals surface area contributed by atoms with Crippen LogP contribution < -0.4 is 5.73 Å². The van der Waals surface area contributed by atoms with Crippen molar-refractivity contribution in [1.29, 1.82) is 0 Å². The van der Waals surface area contributed by atoms with E-state index < -0.39 is 0 Å². The second kappa shape index (κ2) is 6.61. The molecule has 0 spiro atoms. The minimum atomic E-state index is 0.262. The van der Waals surface area contributed by atoms with Gasteiger partial charge in [0.1, 0.15) is 5.82 Å². The predicted molar refractivity (Wildman–Crippen MR) is 92.5 cm³/mol. The second-order valence-electron chi connectivity index (χ2n) is 6.54. The van der Waals surface area contributed by atoms with E-state index in [4.69, 9.17) is 20.2 Å². The first-order valence-corrected chi connectivity index (χ1v) is 8.58. The van der Waals surface area contributed by atoms with Gasteiger partial charge in [0.05, 0.1) is 12.8 Å². The molecule has 5 nitrogen and oxygen atoms in total. The van der Waals surface area contributed by atoms with Gasteiger partial charge in [-0.3, -0.25) is 0 Å². The Bertz CT molecular complexity index is 779. The summed E-state index contributed by atoms with van der Waals surface area (Å²) in [4.78, 5) is 4.81. The highest BCUT2D eigenvalue weighted by atomic mass is 16.3. The second-order valence-corrected chi connectivity index (χ2v) is 6.54. The van der Waals surface area contributed by atoms with Crippen LogP contribution in [0.4, 0.5) is 0 Å². The van der Waals surface area contributed by atoms with Gasteiger partial charge in [-0.05, 0) is 37.0 Å². The molecule has 4 rings (SSSR count). The quantitative estimate of drug-likeness (QED) is 0.797. The highest BCUT2D eigenvalue weighted by molar-refractivity contribution is 5.45. The van der Waals surface area contributed by atoms with E-state index in [-0.39, 0.29) is 6.04 Å². The molecular weight excluding hydrogens is 300 g/mol. The van der Waals surface area contributed by atoms with Crippen LogP contribution in [-0.4, -0.2) is 20.8 Å². The van der Waals surface area contributed by atoms with Gasteiger partial charge >= 0.3 is 0 Å². The predicted octanol–water partition coefficient (Wildman–Crippen LogP) is 3.57. The lowest BCUT2D eigenvalue weighted by atomic mass is 9.85. The number of benzene rings is 1. The highest BCUT2D eigenvalue weighted by Crippen LogP contribution is 2.32. The Morgan fingerprint density at radius 1 is 1.12 bits per heavy atom. The molecule has 1 fully saturated rings. The lowest BCUT2D eigenvalue weighted by molar-refractivity contribution is 0.371. The maximum atomic E-state index is 6.19. The van der Waals surface area contributed by atoms with E-state index >= 15 is 0 Å². The summed E-state index contributed by atoms with van der Waals surface area (Å²) >= 11 is 0. The number of hydrogen-bond acceptors (Lipinski definition) is 4. The standard InChI is InChI=1S/C19H22N4O/c20-16-9-4-8-15(12-16)19-21-18(17-10-5-11-24-17)22-23(19)13-14-6-2-1-3-7-14/h1-3,5-7,10-11,15-16H,4,8-9,12-13,20H2/t15-,16+/m1/s1. The molecule has 1 saturated carbocycles. The van der Waals surface area contributed by atoms with E-state index in [1.807, 2.05) is 22.9 Å². The molecule has 2 aromatic heterocycles. The molecule has 2 heterocycles. The zero-order chi connectivity index (χ0) is 16.4. The molecule has 1 aliphatic carbocycles. The number of hydrogen-bond donors (Lipinski definition) is 1. The summed E-state index contributed by atoms with van der Waals surface area (Å²) in [7, 11) is 0. The molecule has 0 aliphatic heterocycles. The first-order chi connectivity index (χ1) is 11.8. The Kier molecular flexibility index (Phi) is 4.17. The van der Waals surface area contributed by atoms with E-state index in [0.29, 0.717) is 17.5 Å². The van der Waals surface area contributed by atoms with Gasteiger partial charge in [0, 0.05) is 12.0 Å². The van der Waals surface area contributed by atoms with Crippen LogP contribution in [0.15, 0.2) is 53.1 Å². The molecule has 0 bridgehead atoms. The van der Waals surface area contributed by atoms with Crippen molar-refractivity contribution < 1.29 is 4.42 Å². The first kappa shape index (κ1) is 15.1. The van der Waals surface area contributed by atoms with Crippen molar-refractivity contribution in [3.8, 4) is 11.6 Å². The van der Waals surface area contributed by atoms with Gasteiger partial charge < -0.3 is 10.2 Å². The summed E-state index contributed by atoms with van der Waals surface area (Å²) < 4.78 is 7.51. The molecule has 2 atom stereocenters. The molecular formula is C19H22N4O. The zero-order valence-electron chi connectivity index (χ0n) is 13.6. The Balaban J connectivity index is 1.69. The minimum absolute atomic E-state index is 0.262. The van der Waals surface area contributed by atoms with Gasteiger partial charge in [0.2, 0.25) is 5.82 Å². The minimum Gasteiger partial charge on any atom is -0.461 e. The molecule has 5 heteroatoms. The van der Waals surface area contributed by atoms with Crippen LogP contribution in [0.1, 0.15) is 43.0 Å². The number of nitrogens with zero attached hydrogens (tertiary/aromatic N) is 3. The van der Waals surface area contributed by atoms with E-state index in [2.05, 4.69) is 24.3 Å². The normalized spacial score (nSPS) is 21.0. The van der Waals surface area contributed by atoms with Crippen LogP contribution in [0, 0.1) is 0 Å². The van der Waals surface area contributed by atoms with E-state index in [0.717, 1.165) is 38.1 Å². The molecule has 2 N–H and O–H groups in total. The lowest BCUT2D eigenvalue weighted by Crippen LogP contribution is -2.28. The molecule has 0 radical (unpaired) electrons. The van der Waals surface area contributed by atoms with Crippen LogP contribution in [0.5, 0.6) is 0 Å². The summed E-state index contributed by atoms with van der Waals surface area (Å²) in [5.41, 5.74) is 7.41. The summed E-state index contributed by atoms with van der Waals surface area (Å²) in [6, 6.07) is 14.4. The first-order valence-electron chi connectivity index (χ1n) is 8.58. The molecule has 24 heavy (non-hydrogen) atoms. The largest absolute Gasteiger partial charge is 0.461 e.